The van der Waals surface area contributed by atoms with Crippen molar-refractivity contribution in [1.82, 2.24) is 4.98 Å². The Hall–Kier alpha value is -2.84. The first-order valence-electron chi connectivity index (χ1n) is 15.3. The van der Waals surface area contributed by atoms with Crippen molar-refractivity contribution in [2.24, 2.45) is 0 Å². The first-order chi connectivity index (χ1) is 19.2. The molecule has 2 heteroatoms. The van der Waals surface area contributed by atoms with Gasteiger partial charge in [0.05, 0.1) is 5.52 Å². The second-order valence-corrected chi connectivity index (χ2v) is 17.2. The van der Waals surface area contributed by atoms with Gasteiger partial charge in [-0.25, -0.2) is 0 Å². The number of H-pyrrole nitrogens is 1. The molecule has 1 nitrogen and oxygen atoms in total. The molecule has 0 unspecified atom stereocenters. The van der Waals surface area contributed by atoms with Crippen LogP contribution in [0.3, 0.4) is 0 Å². The van der Waals surface area contributed by atoms with Crippen LogP contribution in [0.2, 0.25) is 0 Å². The topological polar surface area (TPSA) is 15.8 Å². The van der Waals surface area contributed by atoms with Crippen molar-refractivity contribution >= 4 is 37.7 Å². The molecule has 0 radical (unpaired) electrons. The van der Waals surface area contributed by atoms with Gasteiger partial charge in [-0.2, -0.15) is 0 Å². The van der Waals surface area contributed by atoms with E-state index in [0.717, 1.165) is 15.5 Å². The van der Waals surface area contributed by atoms with E-state index in [1.54, 1.807) is 0 Å². The molecule has 0 aliphatic carbocycles. The standard InChI is InChI=1S/C40H48BrN/c1-37(2,3)28-15-25(16-29(22-28)38(4,5)6)24-13-14-35-32(19-24)33-20-27(21-34(41)36(33)42-35)26-17-30(39(7,8)9)23-31(18-26)40(10,11)12/h13-23,42H,1-12H3. The van der Waals surface area contributed by atoms with E-state index in [4.69, 9.17) is 0 Å². The van der Waals surface area contributed by atoms with Crippen LogP contribution in [0.5, 0.6) is 0 Å². The Bertz CT molecular complexity index is 1740. The third-order valence-electron chi connectivity index (χ3n) is 8.66. The predicted octanol–water partition coefficient (Wildman–Crippen LogP) is 12.6. The van der Waals surface area contributed by atoms with Crippen molar-refractivity contribution in [3.05, 3.63) is 93.5 Å². The fourth-order valence-corrected chi connectivity index (χ4v) is 6.18. The van der Waals surface area contributed by atoms with Crippen LogP contribution in [0.15, 0.2) is 71.2 Å². The molecule has 0 fully saturated rings. The Morgan fingerprint density at radius 2 is 0.810 bits per heavy atom. The van der Waals surface area contributed by atoms with Gasteiger partial charge in [-0.3, -0.25) is 0 Å². The summed E-state index contributed by atoms with van der Waals surface area (Å²) in [6.45, 7) is 27.7. The van der Waals surface area contributed by atoms with Gasteiger partial charge in [0.1, 0.15) is 0 Å². The first-order valence-corrected chi connectivity index (χ1v) is 16.1. The van der Waals surface area contributed by atoms with Gasteiger partial charge in [-0.1, -0.05) is 126 Å². The van der Waals surface area contributed by atoms with Crippen molar-refractivity contribution < 1.29 is 0 Å². The van der Waals surface area contributed by atoms with Crippen molar-refractivity contribution in [3.63, 3.8) is 0 Å². The maximum absolute atomic E-state index is 3.93. The molecule has 0 amide bonds. The third-order valence-corrected chi connectivity index (χ3v) is 9.28. The summed E-state index contributed by atoms with van der Waals surface area (Å²) in [5.41, 5.74) is 13.1. The third kappa shape index (κ3) is 5.98. The van der Waals surface area contributed by atoms with E-state index in [1.807, 2.05) is 0 Å². The number of fused-ring (bicyclic) bond motifs is 3. The van der Waals surface area contributed by atoms with Gasteiger partial charge in [-0.15, -0.1) is 0 Å². The van der Waals surface area contributed by atoms with Gasteiger partial charge in [0.25, 0.3) is 0 Å². The lowest BCUT2D eigenvalue weighted by atomic mass is 9.78. The monoisotopic (exact) mass is 621 g/mol. The van der Waals surface area contributed by atoms with E-state index in [2.05, 4.69) is 171 Å². The number of rotatable bonds is 2. The molecular weight excluding hydrogens is 574 g/mol. The summed E-state index contributed by atoms with van der Waals surface area (Å²) in [6.07, 6.45) is 0. The van der Waals surface area contributed by atoms with Crippen LogP contribution in [0.4, 0.5) is 0 Å². The lowest BCUT2D eigenvalue weighted by molar-refractivity contribution is 0.568. The van der Waals surface area contributed by atoms with Crippen molar-refractivity contribution in [2.45, 2.75) is 105 Å². The molecule has 220 valence electrons. The van der Waals surface area contributed by atoms with Crippen LogP contribution < -0.4 is 0 Å². The predicted molar refractivity (Wildman–Crippen MR) is 189 cm³/mol. The quantitative estimate of drug-likeness (QED) is 0.202. The van der Waals surface area contributed by atoms with Gasteiger partial charge >= 0.3 is 0 Å². The molecule has 1 aromatic heterocycles. The minimum Gasteiger partial charge on any atom is -0.354 e. The summed E-state index contributed by atoms with van der Waals surface area (Å²) in [7, 11) is 0. The molecule has 0 saturated carbocycles. The lowest BCUT2D eigenvalue weighted by Crippen LogP contribution is -2.16. The number of halogens is 1. The fraction of sp³-hybridized carbons (Fsp3) is 0.400. The summed E-state index contributed by atoms with van der Waals surface area (Å²) in [5, 5.41) is 2.50. The van der Waals surface area contributed by atoms with Crippen molar-refractivity contribution in [1.29, 1.82) is 0 Å². The average Bonchev–Trinajstić information content (AvgIpc) is 3.24. The first kappa shape index (κ1) is 30.6. The van der Waals surface area contributed by atoms with Gasteiger partial charge in [0.2, 0.25) is 0 Å². The van der Waals surface area contributed by atoms with Crippen LogP contribution >= 0.6 is 15.9 Å². The molecule has 1 N–H and O–H groups in total. The molecule has 4 aromatic carbocycles. The minimum absolute atomic E-state index is 0.0700. The van der Waals surface area contributed by atoms with E-state index in [1.165, 1.54) is 55.3 Å². The van der Waals surface area contributed by atoms with E-state index >= 15 is 0 Å². The van der Waals surface area contributed by atoms with Crippen LogP contribution in [0.1, 0.15) is 105 Å². The second-order valence-electron chi connectivity index (χ2n) is 16.4. The summed E-state index contributed by atoms with van der Waals surface area (Å²) in [5.74, 6) is 0. The highest BCUT2D eigenvalue weighted by Gasteiger charge is 2.23. The second kappa shape index (κ2) is 10.1. The SMILES string of the molecule is CC(C)(C)c1cc(-c2ccc3[nH]c4c(Br)cc(-c5cc(C(C)(C)C)cc(C(C)(C)C)c5)cc4c3c2)cc(C(C)(C)C)c1. The minimum atomic E-state index is 0.0700. The number of nitrogens with one attached hydrogen (secondary N) is 1. The van der Waals surface area contributed by atoms with E-state index in [0.29, 0.717) is 0 Å². The van der Waals surface area contributed by atoms with E-state index < -0.39 is 0 Å². The van der Waals surface area contributed by atoms with E-state index in [-0.39, 0.29) is 21.7 Å². The van der Waals surface area contributed by atoms with Crippen LogP contribution in [-0.2, 0) is 21.7 Å². The zero-order chi connectivity index (χ0) is 31.0. The Morgan fingerprint density at radius 1 is 0.429 bits per heavy atom. The molecule has 0 aliphatic heterocycles. The Labute approximate surface area is 262 Å². The smallest absolute Gasteiger partial charge is 0.0609 e. The normalized spacial score (nSPS) is 13.4. The van der Waals surface area contributed by atoms with Crippen LogP contribution in [0, 0.1) is 0 Å². The van der Waals surface area contributed by atoms with Gasteiger partial charge < -0.3 is 4.98 Å². The van der Waals surface area contributed by atoms with Gasteiger partial charge in [0.15, 0.2) is 0 Å². The molecule has 5 aromatic rings. The highest BCUT2D eigenvalue weighted by molar-refractivity contribution is 9.10. The zero-order valence-corrected chi connectivity index (χ0v) is 29.3. The Balaban J connectivity index is 1.73. The molecule has 0 saturated heterocycles. The molecule has 0 bridgehead atoms. The number of aromatic amines is 1. The fourth-order valence-electron chi connectivity index (χ4n) is 5.62. The van der Waals surface area contributed by atoms with Gasteiger partial charge in [-0.05, 0) is 106 Å². The van der Waals surface area contributed by atoms with Crippen molar-refractivity contribution in [3.8, 4) is 22.3 Å². The number of hydrogen-bond donors (Lipinski definition) is 1. The molecule has 42 heavy (non-hydrogen) atoms. The Morgan fingerprint density at radius 3 is 1.24 bits per heavy atom. The molecule has 0 aliphatic rings. The Kier molecular flexibility index (Phi) is 7.38. The molecule has 0 spiro atoms. The molecular formula is C40H48BrN. The summed E-state index contributed by atoms with van der Waals surface area (Å²) < 4.78 is 1.09. The van der Waals surface area contributed by atoms with E-state index in [9.17, 15) is 0 Å². The average molecular weight is 623 g/mol. The maximum atomic E-state index is 3.93. The van der Waals surface area contributed by atoms with Crippen LogP contribution in [0.25, 0.3) is 44.1 Å². The maximum Gasteiger partial charge on any atom is 0.0609 e. The zero-order valence-electron chi connectivity index (χ0n) is 27.7. The lowest BCUT2D eigenvalue weighted by Gasteiger charge is -2.26. The molecule has 5 rings (SSSR count). The number of hydrogen-bond acceptors (Lipinski definition) is 0. The van der Waals surface area contributed by atoms with Crippen LogP contribution in [-0.4, -0.2) is 4.98 Å². The summed E-state index contributed by atoms with van der Waals surface area (Å²) in [4.78, 5) is 3.70. The summed E-state index contributed by atoms with van der Waals surface area (Å²) in [6, 6.07) is 25.9. The highest BCUT2D eigenvalue weighted by Crippen LogP contribution is 2.40. The highest BCUT2D eigenvalue weighted by atomic mass is 79.9. The number of aromatic nitrogens is 1. The largest absolute Gasteiger partial charge is 0.354 e. The summed E-state index contributed by atoms with van der Waals surface area (Å²) >= 11 is 3.93. The molecule has 0 atom stereocenters. The molecule has 1 heterocycles. The van der Waals surface area contributed by atoms with Gasteiger partial charge in [0, 0.05) is 20.8 Å². The van der Waals surface area contributed by atoms with Crippen molar-refractivity contribution in [2.75, 3.05) is 0 Å². The number of benzene rings is 4.